The third-order valence-electron chi connectivity index (χ3n) is 2.72. The summed E-state index contributed by atoms with van der Waals surface area (Å²) < 4.78 is 0. The minimum absolute atomic E-state index is 0.0960. The Morgan fingerprint density at radius 2 is 1.89 bits per heavy atom. The van der Waals surface area contributed by atoms with Gasteiger partial charge in [0.15, 0.2) is 0 Å². The van der Waals surface area contributed by atoms with Crippen LogP contribution in [-0.2, 0) is 6.54 Å². The van der Waals surface area contributed by atoms with Crippen molar-refractivity contribution in [3.8, 4) is 11.5 Å². The molecule has 0 unspecified atom stereocenters. The van der Waals surface area contributed by atoms with Gasteiger partial charge in [0.25, 0.3) is 5.91 Å². The minimum atomic E-state index is -0.430. The summed E-state index contributed by atoms with van der Waals surface area (Å²) in [4.78, 5) is 11.9. The number of nitrogens with one attached hydrogen (secondary N) is 1. The van der Waals surface area contributed by atoms with E-state index in [4.69, 9.17) is 10.8 Å². The molecule has 0 aliphatic rings. The van der Waals surface area contributed by atoms with E-state index in [-0.39, 0.29) is 23.6 Å². The molecule has 0 heterocycles. The number of para-hydroxylation sites is 1. The first-order chi connectivity index (χ1) is 9.08. The molecule has 0 bridgehead atoms. The molecule has 0 aromatic heterocycles. The number of benzene rings is 2. The van der Waals surface area contributed by atoms with Gasteiger partial charge in [-0.1, -0.05) is 18.2 Å². The summed E-state index contributed by atoms with van der Waals surface area (Å²) in [5.41, 5.74) is 7.26. The number of nitrogens with two attached hydrogens (primary N) is 1. The average molecular weight is 258 g/mol. The molecule has 0 saturated carbocycles. The Hall–Kier alpha value is -2.69. The largest absolute Gasteiger partial charge is 0.508 e. The average Bonchev–Trinajstić information content (AvgIpc) is 2.37. The van der Waals surface area contributed by atoms with Crippen LogP contribution in [0.1, 0.15) is 15.9 Å². The van der Waals surface area contributed by atoms with E-state index < -0.39 is 5.91 Å². The number of hydrogen-bond donors (Lipinski definition) is 4. The van der Waals surface area contributed by atoms with Crippen molar-refractivity contribution in [2.45, 2.75) is 6.54 Å². The molecule has 5 N–H and O–H groups in total. The van der Waals surface area contributed by atoms with Crippen LogP contribution < -0.4 is 11.1 Å². The summed E-state index contributed by atoms with van der Waals surface area (Å²) in [5.74, 6) is -0.791. The Bertz CT molecular complexity index is 611. The molecule has 0 fully saturated rings. The highest BCUT2D eigenvalue weighted by molar-refractivity contribution is 5.97. The van der Waals surface area contributed by atoms with Gasteiger partial charge in [0.05, 0.1) is 5.56 Å². The monoisotopic (exact) mass is 258 g/mol. The van der Waals surface area contributed by atoms with Gasteiger partial charge in [0.2, 0.25) is 0 Å². The van der Waals surface area contributed by atoms with Crippen molar-refractivity contribution in [3.63, 3.8) is 0 Å². The summed E-state index contributed by atoms with van der Waals surface area (Å²) in [6, 6.07) is 11.0. The van der Waals surface area contributed by atoms with Gasteiger partial charge in [0, 0.05) is 18.3 Å². The zero-order chi connectivity index (χ0) is 13.8. The first-order valence-corrected chi connectivity index (χ1v) is 5.71. The van der Waals surface area contributed by atoms with Crippen molar-refractivity contribution < 1.29 is 15.0 Å². The van der Waals surface area contributed by atoms with E-state index in [1.54, 1.807) is 6.07 Å². The van der Waals surface area contributed by atoms with E-state index in [2.05, 4.69) is 5.32 Å². The number of phenols is 2. The van der Waals surface area contributed by atoms with Gasteiger partial charge in [-0.25, -0.2) is 0 Å². The van der Waals surface area contributed by atoms with E-state index in [0.717, 1.165) is 11.6 Å². The molecule has 19 heavy (non-hydrogen) atoms. The Labute approximate surface area is 110 Å². The molecule has 0 atom stereocenters. The molecule has 5 heteroatoms. The van der Waals surface area contributed by atoms with Crippen LogP contribution in [0.25, 0.3) is 0 Å². The summed E-state index contributed by atoms with van der Waals surface area (Å²) in [6.45, 7) is 0.270. The standard InChI is InChI=1S/C14H14N2O3/c15-12-4-2-1-3-9(12)8-16-14(19)11-6-5-10(17)7-13(11)18/h1-7,17-18H,8,15H2,(H,16,19). The highest BCUT2D eigenvalue weighted by atomic mass is 16.3. The summed E-state index contributed by atoms with van der Waals surface area (Å²) >= 11 is 0. The smallest absolute Gasteiger partial charge is 0.255 e. The van der Waals surface area contributed by atoms with Gasteiger partial charge in [0.1, 0.15) is 11.5 Å². The topological polar surface area (TPSA) is 95.6 Å². The quantitative estimate of drug-likeness (QED) is 0.629. The molecule has 0 aliphatic heterocycles. The molecule has 2 aromatic rings. The zero-order valence-electron chi connectivity index (χ0n) is 10.1. The molecule has 0 radical (unpaired) electrons. The lowest BCUT2D eigenvalue weighted by Crippen LogP contribution is -2.23. The second kappa shape index (κ2) is 5.30. The first-order valence-electron chi connectivity index (χ1n) is 5.71. The zero-order valence-corrected chi connectivity index (χ0v) is 10.1. The molecule has 98 valence electrons. The summed E-state index contributed by atoms with van der Waals surface area (Å²) in [5, 5.41) is 21.4. The Kier molecular flexibility index (Phi) is 3.56. The van der Waals surface area contributed by atoms with Crippen LogP contribution in [0.4, 0.5) is 5.69 Å². The number of phenolic OH excluding ortho intramolecular Hbond substituents is 2. The SMILES string of the molecule is Nc1ccccc1CNC(=O)c1ccc(O)cc1O. The second-order valence-electron chi connectivity index (χ2n) is 4.08. The molecular weight excluding hydrogens is 244 g/mol. The molecule has 1 amide bonds. The van der Waals surface area contributed by atoms with Gasteiger partial charge < -0.3 is 21.3 Å². The molecule has 0 aliphatic carbocycles. The Morgan fingerprint density at radius 3 is 2.58 bits per heavy atom. The van der Waals surface area contributed by atoms with Crippen molar-refractivity contribution in [2.24, 2.45) is 0 Å². The number of hydrogen-bond acceptors (Lipinski definition) is 4. The Morgan fingerprint density at radius 1 is 1.16 bits per heavy atom. The van der Waals surface area contributed by atoms with Crippen LogP contribution >= 0.6 is 0 Å². The van der Waals surface area contributed by atoms with E-state index in [9.17, 15) is 9.90 Å². The van der Waals surface area contributed by atoms with Gasteiger partial charge in [-0.2, -0.15) is 0 Å². The van der Waals surface area contributed by atoms with Gasteiger partial charge in [-0.05, 0) is 23.8 Å². The molecule has 2 aromatic carbocycles. The van der Waals surface area contributed by atoms with Gasteiger partial charge in [-0.15, -0.1) is 0 Å². The van der Waals surface area contributed by atoms with Crippen molar-refractivity contribution in [2.75, 3.05) is 5.73 Å². The fourth-order valence-corrected chi connectivity index (χ4v) is 1.68. The fourth-order valence-electron chi connectivity index (χ4n) is 1.68. The van der Waals surface area contributed by atoms with Gasteiger partial charge in [-0.3, -0.25) is 4.79 Å². The van der Waals surface area contributed by atoms with Crippen LogP contribution in [0.15, 0.2) is 42.5 Å². The third kappa shape index (κ3) is 2.95. The van der Waals surface area contributed by atoms with E-state index in [0.29, 0.717) is 5.69 Å². The Balaban J connectivity index is 2.08. The highest BCUT2D eigenvalue weighted by Gasteiger charge is 2.11. The minimum Gasteiger partial charge on any atom is -0.508 e. The predicted molar refractivity (Wildman–Crippen MR) is 71.8 cm³/mol. The number of carbonyl (C=O) groups is 1. The maximum Gasteiger partial charge on any atom is 0.255 e. The lowest BCUT2D eigenvalue weighted by atomic mass is 10.1. The maximum atomic E-state index is 11.9. The van der Waals surface area contributed by atoms with Crippen molar-refractivity contribution >= 4 is 11.6 Å². The molecule has 0 saturated heterocycles. The summed E-state index contributed by atoms with van der Waals surface area (Å²) in [6.07, 6.45) is 0. The van der Waals surface area contributed by atoms with Crippen molar-refractivity contribution in [1.82, 2.24) is 5.32 Å². The van der Waals surface area contributed by atoms with Crippen molar-refractivity contribution in [1.29, 1.82) is 0 Å². The van der Waals surface area contributed by atoms with Crippen LogP contribution in [0.2, 0.25) is 0 Å². The summed E-state index contributed by atoms with van der Waals surface area (Å²) in [7, 11) is 0. The lowest BCUT2D eigenvalue weighted by molar-refractivity contribution is 0.0948. The fraction of sp³-hybridized carbons (Fsp3) is 0.0714. The van der Waals surface area contributed by atoms with Crippen LogP contribution in [0.5, 0.6) is 11.5 Å². The van der Waals surface area contributed by atoms with E-state index in [1.165, 1.54) is 12.1 Å². The lowest BCUT2D eigenvalue weighted by Gasteiger charge is -2.08. The van der Waals surface area contributed by atoms with E-state index in [1.807, 2.05) is 18.2 Å². The number of amides is 1. The van der Waals surface area contributed by atoms with Gasteiger partial charge >= 0.3 is 0 Å². The molecule has 5 nitrogen and oxygen atoms in total. The number of anilines is 1. The first kappa shape index (κ1) is 12.8. The number of carbonyl (C=O) groups excluding carboxylic acids is 1. The number of nitrogen functional groups attached to an aromatic ring is 1. The van der Waals surface area contributed by atoms with Crippen LogP contribution in [0.3, 0.4) is 0 Å². The van der Waals surface area contributed by atoms with Crippen LogP contribution in [0, 0.1) is 0 Å². The van der Waals surface area contributed by atoms with E-state index >= 15 is 0 Å². The maximum absolute atomic E-state index is 11.9. The second-order valence-corrected chi connectivity index (χ2v) is 4.08. The predicted octanol–water partition coefficient (Wildman–Crippen LogP) is 1.61. The molecule has 0 spiro atoms. The number of rotatable bonds is 3. The van der Waals surface area contributed by atoms with Crippen molar-refractivity contribution in [3.05, 3.63) is 53.6 Å². The third-order valence-corrected chi connectivity index (χ3v) is 2.72. The molecule has 2 rings (SSSR count). The number of aromatic hydroxyl groups is 2. The normalized spacial score (nSPS) is 10.1. The highest BCUT2D eigenvalue weighted by Crippen LogP contribution is 2.22. The molecular formula is C14H14N2O3. The van der Waals surface area contributed by atoms with Crippen LogP contribution in [-0.4, -0.2) is 16.1 Å².